The van der Waals surface area contributed by atoms with E-state index < -0.39 is 32.2 Å². The summed E-state index contributed by atoms with van der Waals surface area (Å²) in [6.07, 6.45) is 0.761. The molecule has 3 rings (SSSR count). The van der Waals surface area contributed by atoms with E-state index in [9.17, 15) is 27.7 Å². The van der Waals surface area contributed by atoms with E-state index in [1.807, 2.05) is 0 Å². The second-order valence-corrected chi connectivity index (χ2v) is 8.10. The van der Waals surface area contributed by atoms with E-state index in [0.717, 1.165) is 18.4 Å². The van der Waals surface area contributed by atoms with Crippen molar-refractivity contribution in [1.29, 1.82) is 0 Å². The first kappa shape index (κ1) is 19.7. The molecular formula is C16H12ClFN4O5S. The first-order valence-corrected chi connectivity index (χ1v) is 9.90. The number of aromatic nitrogens is 2. The van der Waals surface area contributed by atoms with Crippen LogP contribution in [0.2, 0.25) is 5.02 Å². The van der Waals surface area contributed by atoms with Gasteiger partial charge in [0.2, 0.25) is 10.0 Å². The highest BCUT2D eigenvalue weighted by molar-refractivity contribution is 7.89. The number of aryl methyl sites for hydroxylation is 1. The van der Waals surface area contributed by atoms with Crippen molar-refractivity contribution in [3.8, 4) is 5.69 Å². The molecule has 1 N–H and O–H groups in total. The Labute approximate surface area is 162 Å². The van der Waals surface area contributed by atoms with Crippen molar-refractivity contribution in [2.24, 2.45) is 0 Å². The largest absolute Gasteiger partial charge is 0.270 e. The van der Waals surface area contributed by atoms with Crippen molar-refractivity contribution in [3.63, 3.8) is 0 Å². The van der Waals surface area contributed by atoms with Gasteiger partial charge in [-0.3, -0.25) is 14.9 Å². The summed E-state index contributed by atoms with van der Waals surface area (Å²) >= 11 is 6.18. The maximum atomic E-state index is 14.5. The number of non-ortho nitro benzene ring substituents is 1. The lowest BCUT2D eigenvalue weighted by Crippen LogP contribution is -2.30. The SMILES string of the molecule is Cc1nn(-c2cc(F)c(C(=O)NS(C)(=O)=O)cc2Cl)c2ccc([N+](=O)[O-])cc12. The maximum absolute atomic E-state index is 14.5. The van der Waals surface area contributed by atoms with E-state index >= 15 is 0 Å². The maximum Gasteiger partial charge on any atom is 0.270 e. The van der Waals surface area contributed by atoms with Gasteiger partial charge in [0, 0.05) is 23.6 Å². The Bertz CT molecular complexity index is 1260. The molecule has 0 spiro atoms. The minimum atomic E-state index is -3.88. The molecule has 1 heterocycles. The molecule has 0 fully saturated rings. The number of sulfonamides is 1. The molecule has 9 nitrogen and oxygen atoms in total. The molecule has 0 saturated carbocycles. The Balaban J connectivity index is 2.14. The van der Waals surface area contributed by atoms with Gasteiger partial charge < -0.3 is 0 Å². The van der Waals surface area contributed by atoms with Crippen LogP contribution in [0.1, 0.15) is 16.1 Å². The van der Waals surface area contributed by atoms with Gasteiger partial charge >= 0.3 is 0 Å². The molecule has 0 aliphatic rings. The number of nitro groups is 1. The number of nitrogens with zero attached hydrogens (tertiary/aromatic N) is 3. The smallest absolute Gasteiger partial charge is 0.268 e. The lowest BCUT2D eigenvalue weighted by molar-refractivity contribution is -0.384. The van der Waals surface area contributed by atoms with Crippen LogP contribution in [0.15, 0.2) is 30.3 Å². The van der Waals surface area contributed by atoms with Crippen molar-refractivity contribution < 1.29 is 22.5 Å². The molecule has 0 bridgehead atoms. The molecule has 2 aromatic carbocycles. The summed E-state index contributed by atoms with van der Waals surface area (Å²) in [6.45, 7) is 1.63. The number of halogens is 2. The summed E-state index contributed by atoms with van der Waals surface area (Å²) in [4.78, 5) is 22.3. The quantitative estimate of drug-likeness (QED) is 0.505. The fraction of sp³-hybridized carbons (Fsp3) is 0.125. The summed E-state index contributed by atoms with van der Waals surface area (Å²) in [7, 11) is -3.88. The third kappa shape index (κ3) is 3.66. The molecular weight excluding hydrogens is 415 g/mol. The zero-order chi connectivity index (χ0) is 20.8. The van der Waals surface area contributed by atoms with E-state index in [1.165, 1.54) is 22.9 Å². The van der Waals surface area contributed by atoms with Crippen LogP contribution in [0.25, 0.3) is 16.6 Å². The zero-order valence-electron chi connectivity index (χ0n) is 14.4. The minimum Gasteiger partial charge on any atom is -0.268 e. The van der Waals surface area contributed by atoms with Crippen molar-refractivity contribution in [1.82, 2.24) is 14.5 Å². The van der Waals surface area contributed by atoms with E-state index in [4.69, 9.17) is 11.6 Å². The lowest BCUT2D eigenvalue weighted by atomic mass is 10.1. The van der Waals surface area contributed by atoms with Crippen molar-refractivity contribution in [3.05, 3.63) is 62.5 Å². The highest BCUT2D eigenvalue weighted by Gasteiger charge is 2.21. The van der Waals surface area contributed by atoms with Crippen molar-refractivity contribution in [2.45, 2.75) is 6.92 Å². The number of benzene rings is 2. The molecule has 12 heteroatoms. The number of carbonyl (C=O) groups is 1. The number of fused-ring (bicyclic) bond motifs is 1. The van der Waals surface area contributed by atoms with Gasteiger partial charge in [0.05, 0.1) is 38.7 Å². The van der Waals surface area contributed by atoms with Gasteiger partial charge in [-0.05, 0) is 19.1 Å². The van der Waals surface area contributed by atoms with Gasteiger partial charge in [-0.2, -0.15) is 5.10 Å². The summed E-state index contributed by atoms with van der Waals surface area (Å²) in [5, 5.41) is 15.6. The zero-order valence-corrected chi connectivity index (χ0v) is 16.0. The number of carbonyl (C=O) groups excluding carboxylic acids is 1. The van der Waals surface area contributed by atoms with Crippen LogP contribution >= 0.6 is 11.6 Å². The normalized spacial score (nSPS) is 11.6. The minimum absolute atomic E-state index is 0.0668. The van der Waals surface area contributed by atoms with Crippen LogP contribution in [0, 0.1) is 22.9 Å². The number of amides is 1. The molecule has 28 heavy (non-hydrogen) atoms. The summed E-state index contributed by atoms with van der Waals surface area (Å²) in [5.41, 5.74) is 0.303. The van der Waals surface area contributed by atoms with Gasteiger partial charge in [0.1, 0.15) is 5.82 Å². The number of nitrogens with one attached hydrogen (secondary N) is 1. The summed E-state index contributed by atoms with van der Waals surface area (Å²) in [6, 6.07) is 5.99. The van der Waals surface area contributed by atoms with E-state index in [1.54, 1.807) is 11.6 Å². The molecule has 146 valence electrons. The van der Waals surface area contributed by atoms with Crippen molar-refractivity contribution >= 4 is 44.1 Å². The van der Waals surface area contributed by atoms with Gasteiger partial charge in [-0.15, -0.1) is 0 Å². The van der Waals surface area contributed by atoms with E-state index in [-0.39, 0.29) is 16.4 Å². The fourth-order valence-electron chi connectivity index (χ4n) is 2.65. The number of nitro benzene ring substituents is 1. The van der Waals surface area contributed by atoms with Gasteiger partial charge in [-0.25, -0.2) is 22.2 Å². The van der Waals surface area contributed by atoms with Crippen LogP contribution in [0.5, 0.6) is 0 Å². The number of rotatable bonds is 4. The third-order valence-electron chi connectivity index (χ3n) is 3.85. The lowest BCUT2D eigenvalue weighted by Gasteiger charge is -2.10. The van der Waals surface area contributed by atoms with Crippen LogP contribution < -0.4 is 4.72 Å². The van der Waals surface area contributed by atoms with Crippen molar-refractivity contribution in [2.75, 3.05) is 6.26 Å². The van der Waals surface area contributed by atoms with Gasteiger partial charge in [0.25, 0.3) is 11.6 Å². The predicted octanol–water partition coefficient (Wildman–Crippen LogP) is 2.72. The average Bonchev–Trinajstić information content (AvgIpc) is 2.91. The monoisotopic (exact) mass is 426 g/mol. The molecule has 1 aromatic heterocycles. The Morgan fingerprint density at radius 1 is 1.32 bits per heavy atom. The standard InChI is InChI=1S/C16H12ClFN4O5S/c1-8-10-5-9(22(24)25)3-4-14(10)21(19-8)15-7-13(18)11(6-12(15)17)16(23)20-28(2,26)27/h3-7H,1-2H3,(H,20,23). The topological polar surface area (TPSA) is 124 Å². The summed E-state index contributed by atoms with van der Waals surface area (Å²) in [5.74, 6) is -2.17. The Hall–Kier alpha value is -3.05. The third-order valence-corrected chi connectivity index (χ3v) is 4.71. The van der Waals surface area contributed by atoms with E-state index in [2.05, 4.69) is 5.10 Å². The van der Waals surface area contributed by atoms with Crippen LogP contribution in [-0.2, 0) is 10.0 Å². The van der Waals surface area contributed by atoms with Crippen LogP contribution in [0.3, 0.4) is 0 Å². The molecule has 0 aliphatic carbocycles. The molecule has 0 atom stereocenters. The summed E-state index contributed by atoms with van der Waals surface area (Å²) < 4.78 is 39.8. The van der Waals surface area contributed by atoms with Gasteiger partial charge in [0.15, 0.2) is 0 Å². The van der Waals surface area contributed by atoms with Crippen LogP contribution in [-0.4, -0.2) is 35.3 Å². The second-order valence-electron chi connectivity index (χ2n) is 5.94. The Morgan fingerprint density at radius 3 is 2.61 bits per heavy atom. The first-order valence-electron chi connectivity index (χ1n) is 7.63. The number of hydrogen-bond donors (Lipinski definition) is 1. The molecule has 3 aromatic rings. The molecule has 0 radical (unpaired) electrons. The van der Waals surface area contributed by atoms with Crippen LogP contribution in [0.4, 0.5) is 10.1 Å². The molecule has 0 saturated heterocycles. The van der Waals surface area contributed by atoms with E-state index in [0.29, 0.717) is 16.6 Å². The highest BCUT2D eigenvalue weighted by atomic mass is 35.5. The Morgan fingerprint density at radius 2 is 2.00 bits per heavy atom. The number of hydrogen-bond acceptors (Lipinski definition) is 6. The second kappa shape index (κ2) is 6.84. The Kier molecular flexibility index (Phi) is 4.81. The predicted molar refractivity (Wildman–Crippen MR) is 99.7 cm³/mol. The van der Waals surface area contributed by atoms with Gasteiger partial charge in [-0.1, -0.05) is 11.6 Å². The molecule has 0 unspecified atom stereocenters. The fourth-order valence-corrected chi connectivity index (χ4v) is 3.34. The average molecular weight is 427 g/mol. The molecule has 0 aliphatic heterocycles. The first-order chi connectivity index (χ1) is 13.0. The molecule has 1 amide bonds. The highest BCUT2D eigenvalue weighted by Crippen LogP contribution is 2.30.